The number of aryl methyl sites for hydroxylation is 1. The third-order valence-corrected chi connectivity index (χ3v) is 15.2. The lowest BCUT2D eigenvalue weighted by atomic mass is 9.70. The molecule has 0 saturated carbocycles. The minimum absolute atomic E-state index is 0.0899. The quantitative estimate of drug-likeness (QED) is 0.201. The molecule has 8 atom stereocenters. The highest BCUT2D eigenvalue weighted by Gasteiger charge is 2.61. The van der Waals surface area contributed by atoms with Gasteiger partial charge in [-0.1, -0.05) is 31.2 Å². The van der Waals surface area contributed by atoms with Gasteiger partial charge in [-0.25, -0.2) is 4.79 Å². The van der Waals surface area contributed by atoms with Gasteiger partial charge in [0.1, 0.15) is 6.04 Å². The van der Waals surface area contributed by atoms with E-state index in [1.165, 1.54) is 0 Å². The number of piperazine rings is 1. The maximum absolute atomic E-state index is 14.9. The van der Waals surface area contributed by atoms with E-state index in [0.717, 1.165) is 66.9 Å². The Morgan fingerprint density at radius 3 is 2.66 bits per heavy atom. The molecule has 1 aromatic heterocycles. The zero-order valence-corrected chi connectivity index (χ0v) is 33.1. The number of aliphatic hydroxyl groups excluding tert-OH is 1. The number of aromatic nitrogens is 1. The molecule has 11 rings (SSSR count). The van der Waals surface area contributed by atoms with Gasteiger partial charge in [0.05, 0.1) is 38.1 Å². The summed E-state index contributed by atoms with van der Waals surface area (Å²) in [5, 5.41) is 38.5. The molecule has 4 aromatic rings. The summed E-state index contributed by atoms with van der Waals surface area (Å²) < 4.78 is 24.7. The molecule has 56 heavy (non-hydrogen) atoms. The number of hydrogen-bond donors (Lipinski definition) is 4. The van der Waals surface area contributed by atoms with Crippen molar-refractivity contribution < 1.29 is 34.0 Å². The van der Waals surface area contributed by atoms with E-state index in [-0.39, 0.29) is 67.0 Å². The van der Waals surface area contributed by atoms with Crippen LogP contribution in [0.2, 0.25) is 0 Å². The summed E-state index contributed by atoms with van der Waals surface area (Å²) in [7, 11) is 1.60. The first-order valence-corrected chi connectivity index (χ1v) is 20.7. The SMILES string of the molecule is CCN1[C@@H]2c3c(cc(C)c(OC)c3O)C[C@H]1[C@H](C#N)N1[C@H]2[C@@H]2SC[C@]3(N[C@H](CO)Cc4c3[nH]c3ccccc43)C(=O)OCC[C@H]1c1c3c(c(C)c(C)c12)OCO3. The zero-order chi connectivity index (χ0) is 38.8. The zero-order valence-electron chi connectivity index (χ0n) is 32.3. The Labute approximate surface area is 330 Å². The molecule has 4 N–H and O–H groups in total. The predicted octanol–water partition coefficient (Wildman–Crippen LogP) is 5.28. The minimum Gasteiger partial charge on any atom is -0.504 e. The minimum atomic E-state index is -1.32. The third-order valence-electron chi connectivity index (χ3n) is 13.7. The Morgan fingerprint density at radius 2 is 1.89 bits per heavy atom. The van der Waals surface area contributed by atoms with Gasteiger partial charge in [-0.2, -0.15) is 5.26 Å². The number of phenols is 1. The first-order valence-electron chi connectivity index (χ1n) is 19.7. The average molecular weight is 778 g/mol. The molecule has 0 unspecified atom stereocenters. The molecule has 8 heterocycles. The molecule has 0 amide bonds. The Bertz CT molecular complexity index is 2360. The number of methoxy groups -OCH3 is 1. The number of H-pyrrole nitrogens is 1. The number of likely N-dealkylation sites (N-methyl/N-ethyl adjacent to an activating group) is 1. The van der Waals surface area contributed by atoms with Crippen molar-refractivity contribution >= 4 is 28.6 Å². The number of carbonyl (C=O) groups is 1. The summed E-state index contributed by atoms with van der Waals surface area (Å²) in [5.74, 6) is 1.90. The first kappa shape index (κ1) is 35.9. The number of benzene rings is 3. The second kappa shape index (κ2) is 13.0. The molecule has 0 radical (unpaired) electrons. The van der Waals surface area contributed by atoms with Crippen molar-refractivity contribution in [3.05, 3.63) is 80.5 Å². The summed E-state index contributed by atoms with van der Waals surface area (Å²) >= 11 is 1.67. The lowest BCUT2D eigenvalue weighted by Crippen LogP contribution is -2.69. The second-order valence-corrected chi connectivity index (χ2v) is 17.3. The largest absolute Gasteiger partial charge is 0.504 e. The fourth-order valence-corrected chi connectivity index (χ4v) is 13.1. The molecule has 2 fully saturated rings. The van der Waals surface area contributed by atoms with Crippen LogP contribution in [0.5, 0.6) is 23.0 Å². The van der Waals surface area contributed by atoms with Crippen molar-refractivity contribution in [2.45, 2.75) is 94.0 Å². The Morgan fingerprint density at radius 1 is 1.09 bits per heavy atom. The van der Waals surface area contributed by atoms with Crippen LogP contribution >= 0.6 is 11.8 Å². The van der Waals surface area contributed by atoms with Crippen molar-refractivity contribution in [3.63, 3.8) is 0 Å². The molecule has 0 aliphatic carbocycles. The predicted molar refractivity (Wildman–Crippen MR) is 210 cm³/mol. The second-order valence-electron chi connectivity index (χ2n) is 16.2. The highest BCUT2D eigenvalue weighted by Crippen LogP contribution is 2.63. The standard InChI is InChI=1S/C43H47N5O7S/c1-6-47-29-14-23-13-20(2)37(52-5)36(50)32(23)34(47)35-40-31-21(3)22(4)38-39(55-19-54-38)33(31)28(48(35)30(29)16-44)11-12-53-42(51)43(18-56-40)41-26(15-24(17-49)46-43)25-9-7-8-10-27(25)45-41/h7-10,13,24,28-30,34-35,40,45-46,49-50H,6,11-12,14-15,17-19H2,1-5H3/t24-,28-,29-,30-,34+,35+,40+,43+/m0/s1. The third kappa shape index (κ3) is 4.71. The van der Waals surface area contributed by atoms with Gasteiger partial charge in [-0.15, -0.1) is 11.8 Å². The average Bonchev–Trinajstić information content (AvgIpc) is 3.84. The summed E-state index contributed by atoms with van der Waals surface area (Å²) in [6.07, 6.45) is 1.55. The molecule has 12 nitrogen and oxygen atoms in total. The van der Waals surface area contributed by atoms with Gasteiger partial charge in [0.25, 0.3) is 0 Å². The molecule has 13 heteroatoms. The molecular formula is C43H47N5O7S. The van der Waals surface area contributed by atoms with Crippen LogP contribution < -0.4 is 19.5 Å². The lowest BCUT2D eigenvalue weighted by molar-refractivity contribution is -0.153. The Balaban J connectivity index is 1.25. The maximum Gasteiger partial charge on any atom is 0.333 e. The van der Waals surface area contributed by atoms with E-state index >= 15 is 0 Å². The lowest BCUT2D eigenvalue weighted by Gasteiger charge is -2.62. The fraction of sp³-hybridized carbons (Fsp3) is 0.488. The van der Waals surface area contributed by atoms with Crippen molar-refractivity contribution in [3.8, 4) is 29.1 Å². The Kier molecular flexibility index (Phi) is 8.37. The van der Waals surface area contributed by atoms with Crippen molar-refractivity contribution in [1.82, 2.24) is 20.1 Å². The number of phenolic OH excluding ortho intramolecular Hbond substituents is 1. The number of fused-ring (bicyclic) bond motifs is 12. The number of nitrogens with zero attached hydrogens (tertiary/aromatic N) is 3. The van der Waals surface area contributed by atoms with E-state index in [0.29, 0.717) is 37.3 Å². The van der Waals surface area contributed by atoms with Crippen LogP contribution in [0.15, 0.2) is 30.3 Å². The topological polar surface area (TPSA) is 153 Å². The molecule has 4 bridgehead atoms. The number of nitrogens with one attached hydrogen (secondary N) is 2. The van der Waals surface area contributed by atoms with Gasteiger partial charge in [-0.3, -0.25) is 15.1 Å². The first-order chi connectivity index (χ1) is 27.2. The number of carbonyl (C=O) groups excluding carboxylic acids is 1. The van der Waals surface area contributed by atoms with Gasteiger partial charge in [0.2, 0.25) is 6.79 Å². The molecule has 2 saturated heterocycles. The van der Waals surface area contributed by atoms with Crippen LogP contribution in [0, 0.1) is 32.1 Å². The van der Waals surface area contributed by atoms with Crippen LogP contribution in [0.3, 0.4) is 0 Å². The number of rotatable bonds is 3. The van der Waals surface area contributed by atoms with Crippen LogP contribution in [-0.2, 0) is 27.9 Å². The molecular weight excluding hydrogens is 731 g/mol. The Hall–Kier alpha value is -4.45. The highest BCUT2D eigenvalue weighted by atomic mass is 32.2. The van der Waals surface area contributed by atoms with Gasteiger partial charge in [-0.05, 0) is 79.6 Å². The highest BCUT2D eigenvalue weighted by molar-refractivity contribution is 7.99. The smallest absolute Gasteiger partial charge is 0.333 e. The molecule has 1 spiro atoms. The van der Waals surface area contributed by atoms with Crippen LogP contribution in [0.4, 0.5) is 0 Å². The van der Waals surface area contributed by atoms with Crippen LogP contribution in [0.25, 0.3) is 10.9 Å². The molecule has 7 aliphatic heterocycles. The number of ether oxygens (including phenoxy) is 4. The molecule has 7 aliphatic rings. The number of esters is 1. The maximum atomic E-state index is 14.9. The van der Waals surface area contributed by atoms with E-state index in [1.54, 1.807) is 18.9 Å². The number of para-hydroxylation sites is 1. The number of aliphatic hydroxyl groups is 1. The van der Waals surface area contributed by atoms with Gasteiger partial charge in [0, 0.05) is 63.6 Å². The number of aromatic amines is 1. The summed E-state index contributed by atoms with van der Waals surface area (Å²) in [6, 6.07) is 10.9. The van der Waals surface area contributed by atoms with E-state index < -0.39 is 17.6 Å². The normalized spacial score (nSPS) is 30.5. The summed E-state index contributed by atoms with van der Waals surface area (Å²) in [4.78, 5) is 23.3. The number of hydrogen-bond acceptors (Lipinski definition) is 12. The van der Waals surface area contributed by atoms with Gasteiger partial charge in [0.15, 0.2) is 28.5 Å². The molecule has 292 valence electrons. The van der Waals surface area contributed by atoms with E-state index in [9.17, 15) is 20.3 Å². The van der Waals surface area contributed by atoms with E-state index in [2.05, 4.69) is 59.1 Å². The monoisotopic (exact) mass is 777 g/mol. The van der Waals surface area contributed by atoms with Gasteiger partial charge < -0.3 is 34.1 Å². The van der Waals surface area contributed by atoms with E-state index in [4.69, 9.17) is 18.9 Å². The van der Waals surface area contributed by atoms with Crippen molar-refractivity contribution in [2.75, 3.05) is 39.4 Å². The summed E-state index contributed by atoms with van der Waals surface area (Å²) in [5.41, 5.74) is 8.30. The number of thioether (sulfide) groups is 1. The summed E-state index contributed by atoms with van der Waals surface area (Å²) in [6.45, 7) is 9.02. The number of aromatic hydroxyl groups is 1. The van der Waals surface area contributed by atoms with Crippen molar-refractivity contribution in [2.24, 2.45) is 0 Å². The van der Waals surface area contributed by atoms with Crippen LogP contribution in [-0.4, -0.2) is 94.5 Å². The van der Waals surface area contributed by atoms with Crippen molar-refractivity contribution in [1.29, 1.82) is 5.26 Å². The molecule has 3 aromatic carbocycles. The van der Waals surface area contributed by atoms with Crippen LogP contribution in [0.1, 0.15) is 80.9 Å². The number of nitriles is 1. The van der Waals surface area contributed by atoms with Gasteiger partial charge >= 0.3 is 5.97 Å². The fourth-order valence-electron chi connectivity index (χ4n) is 11.3. The van der Waals surface area contributed by atoms with E-state index in [1.807, 2.05) is 25.1 Å².